The van der Waals surface area contributed by atoms with Crippen molar-refractivity contribution in [2.24, 2.45) is 0 Å². The van der Waals surface area contributed by atoms with Gasteiger partial charge in [0.2, 0.25) is 0 Å². The van der Waals surface area contributed by atoms with Crippen LogP contribution < -0.4 is 4.74 Å². The number of hydrogen-bond donors (Lipinski definition) is 0. The average Bonchev–Trinajstić information content (AvgIpc) is 3.91. The maximum absolute atomic E-state index is 6.73. The lowest BCUT2D eigenvalue weighted by Gasteiger charge is -2.40. The molecule has 13 rings (SSSR count). The van der Waals surface area contributed by atoms with Crippen LogP contribution >= 0.6 is 0 Å². The van der Waals surface area contributed by atoms with Crippen LogP contribution in [0.1, 0.15) is 22.3 Å². The van der Waals surface area contributed by atoms with Gasteiger partial charge in [0.15, 0.2) is 0 Å². The summed E-state index contributed by atoms with van der Waals surface area (Å²) >= 11 is 0. The molecule has 1 aliphatic heterocycles. The van der Waals surface area contributed by atoms with Crippen LogP contribution in [-0.2, 0) is 5.41 Å². The minimum atomic E-state index is -0.607. The highest BCUT2D eigenvalue weighted by Gasteiger charge is 2.52. The van der Waals surface area contributed by atoms with E-state index in [0.29, 0.717) is 0 Å². The molecule has 9 aromatic carbocycles. The fraction of sp³-hybridized carbons (Fsp3) is 0.0182. The Labute approximate surface area is 335 Å². The van der Waals surface area contributed by atoms with Crippen molar-refractivity contribution >= 4 is 43.6 Å². The zero-order valence-electron chi connectivity index (χ0n) is 31.4. The molecule has 0 unspecified atom stereocenters. The van der Waals surface area contributed by atoms with Crippen LogP contribution in [0.15, 0.2) is 206 Å². The zero-order chi connectivity index (χ0) is 38.0. The number of rotatable bonds is 3. The monoisotopic (exact) mass is 738 g/mol. The van der Waals surface area contributed by atoms with E-state index in [1.54, 1.807) is 0 Å². The molecule has 58 heavy (non-hydrogen) atoms. The van der Waals surface area contributed by atoms with Crippen LogP contribution in [0.3, 0.4) is 0 Å². The van der Waals surface area contributed by atoms with Gasteiger partial charge in [-0.25, -0.2) is 0 Å². The molecular formula is C55H34N2O. The predicted octanol–water partition coefficient (Wildman–Crippen LogP) is 14.0. The van der Waals surface area contributed by atoms with Crippen LogP contribution in [0.2, 0.25) is 0 Å². The van der Waals surface area contributed by atoms with Crippen molar-refractivity contribution in [2.75, 3.05) is 0 Å². The number of fused-ring (bicyclic) bond motifs is 15. The smallest absolute Gasteiger partial charge is 0.132 e. The van der Waals surface area contributed by atoms with Gasteiger partial charge in [0.25, 0.3) is 0 Å². The molecule has 2 aromatic heterocycles. The molecular weight excluding hydrogens is 705 g/mol. The molecule has 0 atom stereocenters. The van der Waals surface area contributed by atoms with E-state index in [0.717, 1.165) is 39.6 Å². The Morgan fingerprint density at radius 1 is 0.328 bits per heavy atom. The van der Waals surface area contributed by atoms with Gasteiger partial charge in [-0.1, -0.05) is 152 Å². The minimum Gasteiger partial charge on any atom is -0.457 e. The van der Waals surface area contributed by atoms with Crippen molar-refractivity contribution in [3.05, 3.63) is 229 Å². The number of para-hydroxylation sites is 6. The summed E-state index contributed by atoms with van der Waals surface area (Å²) in [6, 6.07) is 75.6. The van der Waals surface area contributed by atoms with Crippen molar-refractivity contribution in [2.45, 2.75) is 5.41 Å². The average molecular weight is 739 g/mol. The number of nitrogens with zero attached hydrogens (tertiary/aromatic N) is 2. The molecule has 0 N–H and O–H groups in total. The summed E-state index contributed by atoms with van der Waals surface area (Å²) in [5.74, 6) is 1.78. The van der Waals surface area contributed by atoms with Gasteiger partial charge in [-0.2, -0.15) is 0 Å². The molecule has 3 heteroatoms. The van der Waals surface area contributed by atoms with Crippen LogP contribution in [-0.4, -0.2) is 9.13 Å². The summed E-state index contributed by atoms with van der Waals surface area (Å²) < 4.78 is 11.6. The molecule has 0 saturated carbocycles. The summed E-state index contributed by atoms with van der Waals surface area (Å²) in [6.45, 7) is 0. The second-order valence-electron chi connectivity index (χ2n) is 15.6. The molecule has 0 bridgehead atoms. The maximum atomic E-state index is 6.73. The second-order valence-corrected chi connectivity index (χ2v) is 15.6. The second kappa shape index (κ2) is 11.7. The highest BCUT2D eigenvalue weighted by molar-refractivity contribution is 6.11. The van der Waals surface area contributed by atoms with Gasteiger partial charge in [-0.15, -0.1) is 0 Å². The first-order chi connectivity index (χ1) is 28.8. The molecule has 2 aliphatic rings. The van der Waals surface area contributed by atoms with Crippen molar-refractivity contribution < 1.29 is 4.74 Å². The van der Waals surface area contributed by atoms with Crippen molar-refractivity contribution in [1.29, 1.82) is 0 Å². The summed E-state index contributed by atoms with van der Waals surface area (Å²) in [5.41, 5.74) is 16.1. The number of ether oxygens (including phenoxy) is 1. The molecule has 0 fully saturated rings. The van der Waals surface area contributed by atoms with E-state index in [4.69, 9.17) is 4.74 Å². The number of aromatic nitrogens is 2. The normalized spacial score (nSPS) is 13.4. The van der Waals surface area contributed by atoms with Gasteiger partial charge < -0.3 is 13.9 Å². The van der Waals surface area contributed by atoms with E-state index in [1.807, 2.05) is 0 Å². The van der Waals surface area contributed by atoms with Crippen LogP contribution in [0.4, 0.5) is 0 Å². The van der Waals surface area contributed by atoms with Crippen molar-refractivity contribution in [3.8, 4) is 45.1 Å². The molecule has 270 valence electrons. The van der Waals surface area contributed by atoms with E-state index in [1.165, 1.54) is 71.4 Å². The Bertz CT molecular complexity index is 3230. The topological polar surface area (TPSA) is 19.1 Å². The fourth-order valence-corrected chi connectivity index (χ4v) is 10.6. The SMILES string of the molecule is c1ccc2c(c1)Oc1ccccc1C21c2ccccc2-c2cccc(-c3cc(-n4c5ccccc5c5ccccc54)cc(-n4c5ccccc5c5ccccc54)c3)c21. The van der Waals surface area contributed by atoms with Crippen LogP contribution in [0.5, 0.6) is 11.5 Å². The Kier molecular flexibility index (Phi) is 6.37. The summed E-state index contributed by atoms with van der Waals surface area (Å²) in [5, 5.41) is 4.97. The first-order valence-electron chi connectivity index (χ1n) is 20.0. The molecule has 0 saturated heterocycles. The molecule has 0 radical (unpaired) electrons. The van der Waals surface area contributed by atoms with E-state index in [9.17, 15) is 0 Å². The standard InChI is InChI=1S/C55H34N2O/c1-6-23-45-39(16-1)44-22-15-21-38(54(44)55(45)46-24-7-13-30-52(46)58-53-31-14-8-25-47(53)55)35-32-36(56-48-26-9-2-17-40(48)41-18-3-10-27-49(41)56)34-37(33-35)57-50-28-11-4-19-42(50)43-20-5-12-29-51(43)57/h1-34H. The largest absolute Gasteiger partial charge is 0.457 e. The lowest BCUT2D eigenvalue weighted by atomic mass is 9.64. The number of benzene rings is 9. The van der Waals surface area contributed by atoms with Crippen molar-refractivity contribution in [3.63, 3.8) is 0 Å². The summed E-state index contributed by atoms with van der Waals surface area (Å²) in [4.78, 5) is 0. The van der Waals surface area contributed by atoms with Gasteiger partial charge >= 0.3 is 0 Å². The molecule has 3 nitrogen and oxygen atoms in total. The molecule has 1 aliphatic carbocycles. The van der Waals surface area contributed by atoms with Gasteiger partial charge in [0, 0.05) is 44.0 Å². The highest BCUT2D eigenvalue weighted by Crippen LogP contribution is 2.63. The van der Waals surface area contributed by atoms with Crippen LogP contribution in [0, 0.1) is 0 Å². The lowest BCUT2D eigenvalue weighted by molar-refractivity contribution is 0.436. The Morgan fingerprint density at radius 2 is 0.724 bits per heavy atom. The lowest BCUT2D eigenvalue weighted by Crippen LogP contribution is -2.32. The van der Waals surface area contributed by atoms with E-state index >= 15 is 0 Å². The number of hydrogen-bond acceptors (Lipinski definition) is 1. The molecule has 0 amide bonds. The van der Waals surface area contributed by atoms with Crippen molar-refractivity contribution in [1.82, 2.24) is 9.13 Å². The molecule has 3 heterocycles. The van der Waals surface area contributed by atoms with E-state index in [-0.39, 0.29) is 0 Å². The minimum absolute atomic E-state index is 0.607. The predicted molar refractivity (Wildman–Crippen MR) is 238 cm³/mol. The Hall–Kier alpha value is -7.62. The summed E-state index contributed by atoms with van der Waals surface area (Å²) in [6.07, 6.45) is 0. The molecule has 1 spiro atoms. The third-order valence-corrected chi connectivity index (χ3v) is 12.8. The van der Waals surface area contributed by atoms with E-state index < -0.39 is 5.41 Å². The third-order valence-electron chi connectivity index (χ3n) is 12.8. The third kappa shape index (κ3) is 4.07. The van der Waals surface area contributed by atoms with Gasteiger partial charge in [0.1, 0.15) is 11.5 Å². The maximum Gasteiger partial charge on any atom is 0.132 e. The Balaban J connectivity index is 1.19. The van der Waals surface area contributed by atoms with Gasteiger partial charge in [-0.05, 0) is 88.0 Å². The highest BCUT2D eigenvalue weighted by atomic mass is 16.5. The summed E-state index contributed by atoms with van der Waals surface area (Å²) in [7, 11) is 0. The van der Waals surface area contributed by atoms with Gasteiger partial charge in [-0.3, -0.25) is 0 Å². The first-order valence-corrected chi connectivity index (χ1v) is 20.0. The fourth-order valence-electron chi connectivity index (χ4n) is 10.6. The zero-order valence-corrected chi connectivity index (χ0v) is 31.4. The Morgan fingerprint density at radius 3 is 1.24 bits per heavy atom. The quantitative estimate of drug-likeness (QED) is 0.177. The van der Waals surface area contributed by atoms with Gasteiger partial charge in [0.05, 0.1) is 27.5 Å². The molecule has 11 aromatic rings. The van der Waals surface area contributed by atoms with E-state index in [2.05, 4.69) is 215 Å². The van der Waals surface area contributed by atoms with Crippen LogP contribution in [0.25, 0.3) is 77.2 Å². The first kappa shape index (κ1) is 31.6.